The molecular weight excluding hydrogens is 346 g/mol. The van der Waals surface area contributed by atoms with Crippen molar-refractivity contribution in [2.45, 2.75) is 37.8 Å². The molecule has 0 aliphatic heterocycles. The lowest BCUT2D eigenvalue weighted by atomic mass is 10.1. The Morgan fingerprint density at radius 2 is 1.86 bits per heavy atom. The lowest BCUT2D eigenvalue weighted by Gasteiger charge is -2.12. The minimum Gasteiger partial charge on any atom is -0.370 e. The second kappa shape index (κ2) is 7.80. The van der Waals surface area contributed by atoms with Gasteiger partial charge in [-0.1, -0.05) is 22.9 Å². The molecule has 0 saturated heterocycles. The van der Waals surface area contributed by atoms with Crippen molar-refractivity contribution in [2.24, 2.45) is 0 Å². The van der Waals surface area contributed by atoms with Gasteiger partial charge in [0.05, 0.1) is 5.75 Å². The molecule has 0 atom stereocenters. The van der Waals surface area contributed by atoms with Crippen LogP contribution in [-0.4, -0.2) is 16.5 Å². The molecule has 0 spiro atoms. The van der Waals surface area contributed by atoms with Gasteiger partial charge in [0.25, 0.3) is 0 Å². The maximum absolute atomic E-state index is 4.67. The molecule has 3 nitrogen and oxygen atoms in total. The summed E-state index contributed by atoms with van der Waals surface area (Å²) in [5.41, 5.74) is 2.30. The Labute approximate surface area is 139 Å². The van der Waals surface area contributed by atoms with Gasteiger partial charge in [-0.2, -0.15) is 0 Å². The second-order valence-corrected chi connectivity index (χ2v) is 6.64. The molecule has 21 heavy (non-hydrogen) atoms. The number of aromatic nitrogens is 2. The van der Waals surface area contributed by atoms with Crippen LogP contribution in [-0.2, 0) is 12.2 Å². The molecule has 112 valence electrons. The van der Waals surface area contributed by atoms with Gasteiger partial charge in [-0.25, -0.2) is 9.97 Å². The summed E-state index contributed by atoms with van der Waals surface area (Å²) in [5.74, 6) is 2.65. The maximum Gasteiger partial charge on any atom is 0.141 e. The summed E-state index contributed by atoms with van der Waals surface area (Å²) in [6, 6.07) is 8.32. The van der Waals surface area contributed by atoms with Crippen molar-refractivity contribution in [3.8, 4) is 0 Å². The fourth-order valence-electron chi connectivity index (χ4n) is 2.13. The zero-order chi connectivity index (χ0) is 15.2. The van der Waals surface area contributed by atoms with Gasteiger partial charge < -0.3 is 5.32 Å². The average Bonchev–Trinajstić information content (AvgIpc) is 2.47. The number of hydrogen-bond donors (Lipinski definition) is 1. The van der Waals surface area contributed by atoms with E-state index in [9.17, 15) is 0 Å². The fourth-order valence-corrected chi connectivity index (χ4v) is 3.15. The first-order valence-electron chi connectivity index (χ1n) is 7.12. The molecule has 1 heterocycles. The molecule has 0 saturated carbocycles. The van der Waals surface area contributed by atoms with E-state index in [1.54, 1.807) is 11.8 Å². The largest absolute Gasteiger partial charge is 0.370 e. The van der Waals surface area contributed by atoms with Crippen LogP contribution in [0.4, 0.5) is 5.82 Å². The van der Waals surface area contributed by atoms with E-state index in [2.05, 4.69) is 76.3 Å². The topological polar surface area (TPSA) is 37.8 Å². The van der Waals surface area contributed by atoms with E-state index in [1.807, 2.05) is 0 Å². The van der Waals surface area contributed by atoms with Crippen LogP contribution in [0.2, 0.25) is 0 Å². The molecule has 0 aliphatic carbocycles. The predicted molar refractivity (Wildman–Crippen MR) is 94.0 cm³/mol. The number of benzene rings is 1. The quantitative estimate of drug-likeness (QED) is 0.743. The number of hydrogen-bond acceptors (Lipinski definition) is 4. The minimum atomic E-state index is 0.783. The molecule has 2 aromatic rings. The number of nitrogens with one attached hydrogen (secondary N) is 1. The first-order chi connectivity index (χ1) is 10.1. The Morgan fingerprint density at radius 1 is 1.14 bits per heavy atom. The smallest absolute Gasteiger partial charge is 0.141 e. The van der Waals surface area contributed by atoms with Crippen LogP contribution in [0, 0.1) is 6.92 Å². The highest BCUT2D eigenvalue weighted by Crippen LogP contribution is 2.25. The number of aryl methyl sites for hydroxylation is 1. The average molecular weight is 366 g/mol. The van der Waals surface area contributed by atoms with Crippen molar-refractivity contribution in [1.82, 2.24) is 9.97 Å². The number of anilines is 1. The summed E-state index contributed by atoms with van der Waals surface area (Å²) < 4.78 is 1.10. The van der Waals surface area contributed by atoms with Gasteiger partial charge in [-0.05, 0) is 44.5 Å². The van der Waals surface area contributed by atoms with Crippen LogP contribution in [0.3, 0.4) is 0 Å². The van der Waals surface area contributed by atoms with Crippen LogP contribution in [0.5, 0.6) is 0 Å². The molecule has 0 unspecified atom stereocenters. The molecule has 0 aliphatic rings. The zero-order valence-electron chi connectivity index (χ0n) is 12.6. The third-order valence-electron chi connectivity index (χ3n) is 3.14. The third-order valence-corrected chi connectivity index (χ3v) is 4.68. The Bertz CT molecular complexity index is 599. The highest BCUT2D eigenvalue weighted by molar-refractivity contribution is 9.10. The number of nitrogens with zero attached hydrogens (tertiary/aromatic N) is 2. The minimum absolute atomic E-state index is 0.783. The molecule has 1 N–H and O–H groups in total. The van der Waals surface area contributed by atoms with Crippen LogP contribution in [0.1, 0.15) is 30.9 Å². The van der Waals surface area contributed by atoms with Gasteiger partial charge in [-0.3, -0.25) is 0 Å². The molecule has 5 heteroatoms. The molecule has 1 aromatic heterocycles. The Kier molecular flexibility index (Phi) is 6.06. The molecule has 0 fully saturated rings. The second-order valence-electron chi connectivity index (χ2n) is 4.68. The Balaban J connectivity index is 2.14. The summed E-state index contributed by atoms with van der Waals surface area (Å²) in [7, 11) is 0. The zero-order valence-corrected chi connectivity index (χ0v) is 15.0. The number of halogens is 1. The maximum atomic E-state index is 4.67. The summed E-state index contributed by atoms with van der Waals surface area (Å²) in [6.07, 6.45) is 0.953. The predicted octanol–water partition coefficient (Wildman–Crippen LogP) is 4.83. The molecule has 0 radical (unpaired) electrons. The van der Waals surface area contributed by atoms with E-state index in [0.717, 1.165) is 40.5 Å². The van der Waals surface area contributed by atoms with Gasteiger partial charge in [0, 0.05) is 27.2 Å². The molecule has 0 amide bonds. The van der Waals surface area contributed by atoms with Crippen molar-refractivity contribution in [3.05, 3.63) is 45.8 Å². The van der Waals surface area contributed by atoms with E-state index in [1.165, 1.54) is 10.5 Å². The normalized spacial score (nSPS) is 10.7. The van der Waals surface area contributed by atoms with Gasteiger partial charge in [0.1, 0.15) is 11.6 Å². The van der Waals surface area contributed by atoms with Gasteiger partial charge in [0.2, 0.25) is 0 Å². The highest BCUT2D eigenvalue weighted by atomic mass is 79.9. The third kappa shape index (κ3) is 4.45. The number of thioether (sulfide) groups is 1. The van der Waals surface area contributed by atoms with Crippen LogP contribution < -0.4 is 5.32 Å². The van der Waals surface area contributed by atoms with Crippen molar-refractivity contribution < 1.29 is 0 Å². The van der Waals surface area contributed by atoms with Crippen molar-refractivity contribution in [2.75, 3.05) is 11.9 Å². The SMILES string of the molecule is CCNc1nc(CSc2ccc(Br)cc2)nc(C)c1CC. The van der Waals surface area contributed by atoms with Crippen molar-refractivity contribution in [1.29, 1.82) is 0 Å². The van der Waals surface area contributed by atoms with E-state index < -0.39 is 0 Å². The Hall–Kier alpha value is -1.07. The fraction of sp³-hybridized carbons (Fsp3) is 0.375. The van der Waals surface area contributed by atoms with Gasteiger partial charge >= 0.3 is 0 Å². The van der Waals surface area contributed by atoms with E-state index in [-0.39, 0.29) is 0 Å². The number of rotatable bonds is 6. The summed E-state index contributed by atoms with van der Waals surface area (Å²) >= 11 is 5.21. The first kappa shape index (κ1) is 16.3. The molecule has 1 aromatic carbocycles. The van der Waals surface area contributed by atoms with E-state index in [0.29, 0.717) is 0 Å². The van der Waals surface area contributed by atoms with Crippen molar-refractivity contribution >= 4 is 33.5 Å². The van der Waals surface area contributed by atoms with Crippen LogP contribution in [0.15, 0.2) is 33.6 Å². The monoisotopic (exact) mass is 365 g/mol. The van der Waals surface area contributed by atoms with E-state index >= 15 is 0 Å². The molecular formula is C16H20BrN3S. The lowest BCUT2D eigenvalue weighted by Crippen LogP contribution is -2.09. The lowest BCUT2D eigenvalue weighted by molar-refractivity contribution is 0.932. The van der Waals surface area contributed by atoms with E-state index in [4.69, 9.17) is 0 Å². The summed E-state index contributed by atoms with van der Waals surface area (Å²) in [5, 5.41) is 3.35. The van der Waals surface area contributed by atoms with Crippen LogP contribution >= 0.6 is 27.7 Å². The standard InChI is InChI=1S/C16H20BrN3S/c1-4-14-11(3)19-15(20-16(14)18-5-2)10-21-13-8-6-12(17)7-9-13/h6-9H,4-5,10H2,1-3H3,(H,18,19,20). The Morgan fingerprint density at radius 3 is 2.48 bits per heavy atom. The van der Waals surface area contributed by atoms with Crippen LogP contribution in [0.25, 0.3) is 0 Å². The van der Waals surface area contributed by atoms with Gasteiger partial charge in [-0.15, -0.1) is 11.8 Å². The first-order valence-corrected chi connectivity index (χ1v) is 8.90. The van der Waals surface area contributed by atoms with Crippen molar-refractivity contribution in [3.63, 3.8) is 0 Å². The highest BCUT2D eigenvalue weighted by Gasteiger charge is 2.10. The summed E-state index contributed by atoms with van der Waals surface area (Å²) in [6.45, 7) is 7.17. The molecule has 0 bridgehead atoms. The molecule has 2 rings (SSSR count). The summed E-state index contributed by atoms with van der Waals surface area (Å²) in [4.78, 5) is 10.5. The van der Waals surface area contributed by atoms with Gasteiger partial charge in [0.15, 0.2) is 0 Å².